The molecular weight excluding hydrogens is 207 g/mol. The Bertz CT molecular complexity index is 446. The third-order valence-corrected chi connectivity index (χ3v) is 3.09. The van der Waals surface area contributed by atoms with Gasteiger partial charge in [0.05, 0.1) is 0 Å². The second-order valence-corrected chi connectivity index (χ2v) is 4.16. The van der Waals surface area contributed by atoms with Gasteiger partial charge in [-0.25, -0.2) is 4.98 Å². The van der Waals surface area contributed by atoms with E-state index in [0.29, 0.717) is 5.84 Å². The monoisotopic (exact) mass is 222 g/mol. The van der Waals surface area contributed by atoms with E-state index in [1.54, 1.807) is 0 Å². The molecule has 2 N–H and O–H groups in total. The van der Waals surface area contributed by atoms with Crippen molar-refractivity contribution in [1.29, 1.82) is 10.8 Å². The highest BCUT2D eigenvalue weighted by atomic mass is 19.1. The molecule has 1 saturated carbocycles. The summed E-state index contributed by atoms with van der Waals surface area (Å²) in [6, 6.07) is 0. The highest BCUT2D eigenvalue weighted by Gasteiger charge is 2.20. The Kier molecular flexibility index (Phi) is 3.12. The van der Waals surface area contributed by atoms with Gasteiger partial charge in [-0.15, -0.1) is 0 Å². The normalized spacial score (nSPS) is 17.3. The van der Waals surface area contributed by atoms with Crippen molar-refractivity contribution >= 4 is 5.84 Å². The Hall–Kier alpha value is -1.52. The van der Waals surface area contributed by atoms with Crippen LogP contribution in [-0.2, 0) is 0 Å². The smallest absolute Gasteiger partial charge is 0.255 e. The molecule has 0 atom stereocenters. The lowest BCUT2D eigenvalue weighted by Gasteiger charge is -2.23. The zero-order valence-electron chi connectivity index (χ0n) is 9.04. The molecule has 0 spiro atoms. The summed E-state index contributed by atoms with van der Waals surface area (Å²) in [5.41, 5.74) is -0.321. The van der Waals surface area contributed by atoms with Crippen molar-refractivity contribution in [3.05, 3.63) is 23.8 Å². The fraction of sp³-hybridized carbons (Fsp3) is 0.545. The summed E-state index contributed by atoms with van der Waals surface area (Å²) in [7, 11) is 0. The third kappa shape index (κ3) is 2.03. The third-order valence-electron chi connectivity index (χ3n) is 3.09. The molecule has 0 aliphatic heterocycles. The van der Waals surface area contributed by atoms with E-state index in [4.69, 9.17) is 10.8 Å². The Morgan fingerprint density at radius 2 is 2.06 bits per heavy atom. The molecule has 1 aromatic heterocycles. The second kappa shape index (κ2) is 4.55. The minimum atomic E-state index is -0.817. The first kappa shape index (κ1) is 11.0. The van der Waals surface area contributed by atoms with Gasteiger partial charge >= 0.3 is 0 Å². The number of aromatic nitrogens is 2. The minimum Gasteiger partial charge on any atom is -0.288 e. The lowest BCUT2D eigenvalue weighted by Crippen LogP contribution is -2.34. The van der Waals surface area contributed by atoms with Crippen LogP contribution in [0.2, 0.25) is 0 Å². The van der Waals surface area contributed by atoms with Gasteiger partial charge in [-0.1, -0.05) is 19.3 Å². The summed E-state index contributed by atoms with van der Waals surface area (Å²) >= 11 is 0. The van der Waals surface area contributed by atoms with Crippen LogP contribution in [0.3, 0.4) is 0 Å². The van der Waals surface area contributed by atoms with Crippen LogP contribution >= 0.6 is 0 Å². The minimum absolute atomic E-state index is 0.157. The van der Waals surface area contributed by atoms with Crippen molar-refractivity contribution in [3.8, 4) is 0 Å². The van der Waals surface area contributed by atoms with Gasteiger partial charge in [0.1, 0.15) is 5.84 Å². The predicted molar refractivity (Wildman–Crippen MR) is 57.7 cm³/mol. The van der Waals surface area contributed by atoms with Crippen LogP contribution in [0.1, 0.15) is 32.1 Å². The van der Waals surface area contributed by atoms with Crippen molar-refractivity contribution in [2.75, 3.05) is 0 Å². The Morgan fingerprint density at radius 3 is 2.75 bits per heavy atom. The molecule has 4 nitrogen and oxygen atoms in total. The molecular formula is C11H15FN4. The number of hydrogen-bond donors (Lipinski definition) is 2. The molecule has 1 aliphatic carbocycles. The van der Waals surface area contributed by atoms with E-state index in [-0.39, 0.29) is 11.4 Å². The van der Waals surface area contributed by atoms with Gasteiger partial charge in [0.2, 0.25) is 0 Å². The number of halogens is 1. The van der Waals surface area contributed by atoms with Crippen molar-refractivity contribution in [3.63, 3.8) is 0 Å². The maximum absolute atomic E-state index is 13.1. The van der Waals surface area contributed by atoms with E-state index < -0.39 is 5.95 Å². The first-order valence-corrected chi connectivity index (χ1v) is 5.56. The summed E-state index contributed by atoms with van der Waals surface area (Å²) in [4.78, 5) is 3.40. The van der Waals surface area contributed by atoms with E-state index in [1.807, 2.05) is 0 Å². The molecule has 5 heteroatoms. The van der Waals surface area contributed by atoms with Crippen molar-refractivity contribution < 1.29 is 4.39 Å². The predicted octanol–water partition coefficient (Wildman–Crippen LogP) is 1.91. The lowest BCUT2D eigenvalue weighted by molar-refractivity contribution is 0.428. The zero-order valence-corrected chi connectivity index (χ0v) is 9.04. The molecule has 1 heterocycles. The molecule has 1 aliphatic rings. The zero-order chi connectivity index (χ0) is 11.5. The van der Waals surface area contributed by atoms with Crippen LogP contribution < -0.4 is 5.49 Å². The maximum Gasteiger partial charge on any atom is 0.255 e. The van der Waals surface area contributed by atoms with Crippen LogP contribution in [-0.4, -0.2) is 15.4 Å². The van der Waals surface area contributed by atoms with E-state index in [9.17, 15) is 4.39 Å². The Labute approximate surface area is 93.2 Å². The summed E-state index contributed by atoms with van der Waals surface area (Å²) in [6.07, 6.45) is 8.17. The van der Waals surface area contributed by atoms with Gasteiger partial charge in [-0.05, 0) is 12.8 Å². The van der Waals surface area contributed by atoms with Gasteiger partial charge in [-0.2, -0.15) is 4.39 Å². The van der Waals surface area contributed by atoms with Gasteiger partial charge in [0.25, 0.3) is 5.95 Å². The highest BCUT2D eigenvalue weighted by molar-refractivity contribution is 5.83. The second-order valence-electron chi connectivity index (χ2n) is 4.16. The lowest BCUT2D eigenvalue weighted by atomic mass is 9.88. The summed E-state index contributed by atoms with van der Waals surface area (Å²) in [6.45, 7) is 0. The van der Waals surface area contributed by atoms with Crippen molar-refractivity contribution in [2.24, 2.45) is 5.92 Å². The average molecular weight is 222 g/mol. The molecule has 16 heavy (non-hydrogen) atoms. The van der Waals surface area contributed by atoms with Crippen molar-refractivity contribution in [2.45, 2.75) is 32.1 Å². The summed E-state index contributed by atoms with van der Waals surface area (Å²) in [5.74, 6) is -0.335. The molecule has 0 bridgehead atoms. The fourth-order valence-corrected chi connectivity index (χ4v) is 2.17. The molecule has 0 amide bonds. The van der Waals surface area contributed by atoms with Gasteiger partial charge in [0, 0.05) is 18.3 Å². The Balaban J connectivity index is 2.26. The van der Waals surface area contributed by atoms with E-state index in [0.717, 1.165) is 25.7 Å². The SMILES string of the molecule is N=C(C1CCCCC1)n1ccnc(F)c1=N. The highest BCUT2D eigenvalue weighted by Crippen LogP contribution is 2.24. The average Bonchev–Trinajstić information content (AvgIpc) is 2.33. The first-order chi connectivity index (χ1) is 7.70. The maximum atomic E-state index is 13.1. The number of nitrogens with one attached hydrogen (secondary N) is 2. The number of hydrogen-bond acceptors (Lipinski definition) is 3. The van der Waals surface area contributed by atoms with E-state index >= 15 is 0 Å². The van der Waals surface area contributed by atoms with E-state index in [1.165, 1.54) is 23.4 Å². The molecule has 0 radical (unpaired) electrons. The van der Waals surface area contributed by atoms with Crippen molar-refractivity contribution in [1.82, 2.24) is 9.55 Å². The van der Waals surface area contributed by atoms with Gasteiger partial charge in [-0.3, -0.25) is 15.4 Å². The van der Waals surface area contributed by atoms with E-state index in [2.05, 4.69) is 4.98 Å². The number of rotatable bonds is 1. The van der Waals surface area contributed by atoms with Crippen LogP contribution in [0.5, 0.6) is 0 Å². The first-order valence-electron chi connectivity index (χ1n) is 5.56. The molecule has 0 unspecified atom stereocenters. The molecule has 1 fully saturated rings. The standard InChI is InChI=1S/C11H15FN4/c12-9-11(14)16(7-6-15-9)10(13)8-4-2-1-3-5-8/h6-8,13-14H,1-5H2. The molecule has 2 rings (SSSR count). The summed E-state index contributed by atoms with van der Waals surface area (Å²) in [5, 5.41) is 15.5. The molecule has 86 valence electrons. The van der Waals surface area contributed by atoms with Crippen LogP contribution in [0.4, 0.5) is 4.39 Å². The van der Waals surface area contributed by atoms with Crippen LogP contribution in [0.15, 0.2) is 12.4 Å². The molecule has 0 aromatic carbocycles. The molecule has 1 aromatic rings. The van der Waals surface area contributed by atoms with Crippen LogP contribution in [0, 0.1) is 22.7 Å². The largest absolute Gasteiger partial charge is 0.288 e. The fourth-order valence-electron chi connectivity index (χ4n) is 2.17. The quantitative estimate of drug-likeness (QED) is 0.553. The molecule has 0 saturated heterocycles. The van der Waals surface area contributed by atoms with Gasteiger partial charge in [0.15, 0.2) is 5.49 Å². The Morgan fingerprint density at radius 1 is 1.38 bits per heavy atom. The van der Waals surface area contributed by atoms with Crippen LogP contribution in [0.25, 0.3) is 0 Å². The summed E-state index contributed by atoms with van der Waals surface area (Å²) < 4.78 is 14.4. The van der Waals surface area contributed by atoms with Gasteiger partial charge < -0.3 is 0 Å². The number of nitrogens with zero attached hydrogens (tertiary/aromatic N) is 2. The topological polar surface area (TPSA) is 65.5 Å².